The zero-order valence-electron chi connectivity index (χ0n) is 21.8. The van der Waals surface area contributed by atoms with Crippen LogP contribution in [-0.4, -0.2) is 53.7 Å². The molecule has 0 bridgehead atoms. The standard InChI is InChI=1S/C26H25Cl2F4N3O5/c1-13-7-14(5-6-17(13)22(36)33-16-11-35(38-12-16)23(37)39-24(2,3)4)20-10-25(40-34-20,26(30,31)32)15-8-18(27)21(29)19(28)9-15/h5-9,16H,10-12H2,1-4H3,(H,33,36)/t16-,25+/m1/s1. The van der Waals surface area contributed by atoms with Gasteiger partial charge in [0, 0.05) is 17.5 Å². The maximum Gasteiger partial charge on any atom is 0.435 e. The number of hydrogen-bond acceptors (Lipinski definition) is 6. The molecular weight excluding hydrogens is 581 g/mol. The Kier molecular flexibility index (Phi) is 8.00. The number of aryl methyl sites for hydroxylation is 1. The lowest BCUT2D eigenvalue weighted by atomic mass is 9.86. The van der Waals surface area contributed by atoms with E-state index in [1.165, 1.54) is 18.2 Å². The number of alkyl halides is 3. The minimum atomic E-state index is -4.95. The largest absolute Gasteiger partial charge is 0.442 e. The molecule has 2 aromatic rings. The number of halogens is 6. The maximum atomic E-state index is 14.3. The van der Waals surface area contributed by atoms with E-state index in [4.69, 9.17) is 37.6 Å². The predicted octanol–water partition coefficient (Wildman–Crippen LogP) is 6.30. The van der Waals surface area contributed by atoms with E-state index in [9.17, 15) is 27.2 Å². The van der Waals surface area contributed by atoms with Gasteiger partial charge >= 0.3 is 12.3 Å². The van der Waals surface area contributed by atoms with Gasteiger partial charge in [-0.25, -0.2) is 9.18 Å². The number of hydrogen-bond donors (Lipinski definition) is 1. The Morgan fingerprint density at radius 3 is 2.38 bits per heavy atom. The lowest BCUT2D eigenvalue weighted by Crippen LogP contribution is -2.42. The van der Waals surface area contributed by atoms with Crippen molar-refractivity contribution >= 4 is 40.9 Å². The highest BCUT2D eigenvalue weighted by Crippen LogP contribution is 2.50. The molecule has 0 spiro atoms. The molecule has 2 atom stereocenters. The van der Waals surface area contributed by atoms with Crippen molar-refractivity contribution in [1.29, 1.82) is 0 Å². The first-order valence-corrected chi connectivity index (χ1v) is 12.8. The van der Waals surface area contributed by atoms with E-state index in [2.05, 4.69) is 10.5 Å². The quantitative estimate of drug-likeness (QED) is 0.326. The number of amides is 2. The van der Waals surface area contributed by atoms with Crippen LogP contribution in [-0.2, 0) is 20.0 Å². The Hall–Kier alpha value is -3.09. The normalized spacial score (nSPS) is 21.2. The van der Waals surface area contributed by atoms with Crippen molar-refractivity contribution in [3.05, 3.63) is 68.4 Å². The SMILES string of the molecule is Cc1cc(C2=NO[C@@](c3cc(Cl)c(F)c(Cl)c3)(C(F)(F)F)C2)ccc1C(=O)N[C@H]1CON(C(=O)OC(C)(C)C)C1. The van der Waals surface area contributed by atoms with Crippen molar-refractivity contribution < 1.29 is 41.6 Å². The molecule has 0 aromatic heterocycles. The van der Waals surface area contributed by atoms with Crippen LogP contribution < -0.4 is 5.32 Å². The Bertz CT molecular complexity index is 1360. The molecule has 8 nitrogen and oxygen atoms in total. The summed E-state index contributed by atoms with van der Waals surface area (Å²) in [5, 5.41) is 6.31. The van der Waals surface area contributed by atoms with Gasteiger partial charge in [-0.15, -0.1) is 0 Å². The zero-order chi connectivity index (χ0) is 29.6. The van der Waals surface area contributed by atoms with E-state index >= 15 is 0 Å². The van der Waals surface area contributed by atoms with Crippen molar-refractivity contribution in [2.24, 2.45) is 5.16 Å². The third-order valence-electron chi connectivity index (χ3n) is 6.19. The Morgan fingerprint density at radius 1 is 1.15 bits per heavy atom. The number of benzene rings is 2. The third kappa shape index (κ3) is 5.98. The molecule has 2 heterocycles. The average molecular weight is 606 g/mol. The molecule has 1 fully saturated rings. The first kappa shape index (κ1) is 29.9. The summed E-state index contributed by atoms with van der Waals surface area (Å²) in [4.78, 5) is 35.4. The second-order valence-electron chi connectivity index (χ2n) is 10.4. The fraction of sp³-hybridized carbons (Fsp3) is 0.423. The summed E-state index contributed by atoms with van der Waals surface area (Å²) in [7, 11) is 0. The topological polar surface area (TPSA) is 89.5 Å². The first-order valence-electron chi connectivity index (χ1n) is 12.0. The van der Waals surface area contributed by atoms with Crippen LogP contribution in [0, 0.1) is 12.7 Å². The Balaban J connectivity index is 1.48. The van der Waals surface area contributed by atoms with Gasteiger partial charge < -0.3 is 14.9 Å². The van der Waals surface area contributed by atoms with Gasteiger partial charge in [-0.05, 0) is 63.1 Å². The summed E-state index contributed by atoms with van der Waals surface area (Å²) >= 11 is 11.5. The highest BCUT2D eigenvalue weighted by molar-refractivity contribution is 6.35. The summed E-state index contributed by atoms with van der Waals surface area (Å²) < 4.78 is 62.0. The predicted molar refractivity (Wildman–Crippen MR) is 138 cm³/mol. The Labute approximate surface area is 237 Å². The van der Waals surface area contributed by atoms with Crippen molar-refractivity contribution in [2.45, 2.75) is 57.5 Å². The Morgan fingerprint density at radius 2 is 1.80 bits per heavy atom. The first-order chi connectivity index (χ1) is 18.5. The average Bonchev–Trinajstić information content (AvgIpc) is 3.49. The van der Waals surface area contributed by atoms with Crippen molar-refractivity contribution in [3.63, 3.8) is 0 Å². The monoisotopic (exact) mass is 605 g/mol. The van der Waals surface area contributed by atoms with E-state index in [0.717, 1.165) is 17.2 Å². The van der Waals surface area contributed by atoms with E-state index in [-0.39, 0.29) is 24.4 Å². The molecule has 40 heavy (non-hydrogen) atoms. The molecule has 2 aliphatic heterocycles. The minimum absolute atomic E-state index is 0.0406. The molecule has 2 amide bonds. The van der Waals surface area contributed by atoms with Gasteiger partial charge in [0.1, 0.15) is 5.60 Å². The van der Waals surface area contributed by atoms with Gasteiger partial charge in [0.2, 0.25) is 0 Å². The number of nitrogens with zero attached hydrogens (tertiary/aromatic N) is 2. The van der Waals surface area contributed by atoms with E-state index < -0.39 is 63.3 Å². The molecule has 4 rings (SSSR count). The number of carbonyl (C=O) groups is 2. The fourth-order valence-electron chi connectivity index (χ4n) is 4.22. The van der Waals surface area contributed by atoms with Crippen LogP contribution in [0.1, 0.15) is 54.2 Å². The number of oxime groups is 1. The third-order valence-corrected chi connectivity index (χ3v) is 6.74. The molecule has 14 heteroatoms. The van der Waals surface area contributed by atoms with Crippen LogP contribution in [0.5, 0.6) is 0 Å². The number of rotatable bonds is 4. The van der Waals surface area contributed by atoms with Gasteiger partial charge in [0.25, 0.3) is 11.5 Å². The summed E-state index contributed by atoms with van der Waals surface area (Å²) in [6.45, 7) is 6.88. The minimum Gasteiger partial charge on any atom is -0.442 e. The summed E-state index contributed by atoms with van der Waals surface area (Å²) in [6, 6.07) is 5.51. The van der Waals surface area contributed by atoms with Gasteiger partial charge in [-0.1, -0.05) is 34.4 Å². The summed E-state index contributed by atoms with van der Waals surface area (Å²) in [5.41, 5.74) is -3.18. The van der Waals surface area contributed by atoms with E-state index in [0.29, 0.717) is 11.1 Å². The fourth-order valence-corrected chi connectivity index (χ4v) is 4.71. The molecule has 0 radical (unpaired) electrons. The molecule has 1 saturated heterocycles. The molecule has 216 valence electrons. The van der Waals surface area contributed by atoms with Crippen LogP contribution in [0.25, 0.3) is 0 Å². The van der Waals surface area contributed by atoms with Gasteiger partial charge in [0.15, 0.2) is 5.82 Å². The van der Waals surface area contributed by atoms with Crippen molar-refractivity contribution in [2.75, 3.05) is 13.2 Å². The molecule has 1 N–H and O–H groups in total. The van der Waals surface area contributed by atoms with Gasteiger partial charge in [-0.2, -0.15) is 18.2 Å². The van der Waals surface area contributed by atoms with Crippen LogP contribution in [0.3, 0.4) is 0 Å². The highest BCUT2D eigenvalue weighted by Gasteiger charge is 2.62. The lowest BCUT2D eigenvalue weighted by molar-refractivity contribution is -0.275. The maximum absolute atomic E-state index is 14.3. The van der Waals surface area contributed by atoms with Crippen LogP contribution in [0.15, 0.2) is 35.5 Å². The molecule has 0 unspecified atom stereocenters. The molecular formula is C26H25Cl2F4N3O5. The van der Waals surface area contributed by atoms with Crippen molar-refractivity contribution in [3.8, 4) is 0 Å². The molecule has 2 aromatic carbocycles. The highest BCUT2D eigenvalue weighted by atomic mass is 35.5. The lowest BCUT2D eigenvalue weighted by Gasteiger charge is -2.29. The number of nitrogens with one attached hydrogen (secondary N) is 1. The van der Waals surface area contributed by atoms with Crippen molar-refractivity contribution in [1.82, 2.24) is 10.4 Å². The van der Waals surface area contributed by atoms with Crippen LogP contribution in [0.2, 0.25) is 10.0 Å². The smallest absolute Gasteiger partial charge is 0.435 e. The zero-order valence-corrected chi connectivity index (χ0v) is 23.3. The number of ether oxygens (including phenoxy) is 1. The summed E-state index contributed by atoms with van der Waals surface area (Å²) in [5.74, 6) is -1.51. The molecule has 2 aliphatic rings. The van der Waals surface area contributed by atoms with Gasteiger partial charge in [0.05, 0.1) is 35.0 Å². The number of carbonyl (C=O) groups excluding carboxylic acids is 2. The second kappa shape index (κ2) is 10.7. The van der Waals surface area contributed by atoms with Crippen LogP contribution in [0.4, 0.5) is 22.4 Å². The molecule has 0 aliphatic carbocycles. The van der Waals surface area contributed by atoms with E-state index in [1.807, 2.05) is 0 Å². The number of hydroxylamine groups is 2. The van der Waals surface area contributed by atoms with E-state index in [1.54, 1.807) is 27.7 Å². The van der Waals surface area contributed by atoms with Crippen LogP contribution >= 0.6 is 23.2 Å². The second-order valence-corrected chi connectivity index (χ2v) is 11.2. The van der Waals surface area contributed by atoms with Gasteiger partial charge in [-0.3, -0.25) is 9.63 Å². The summed E-state index contributed by atoms with van der Waals surface area (Å²) in [6.07, 6.45) is -6.36. The molecule has 0 saturated carbocycles.